The van der Waals surface area contributed by atoms with Crippen molar-refractivity contribution in [2.45, 2.75) is 38.9 Å². The number of hydrogen-bond acceptors (Lipinski definition) is 5. The fraction of sp³-hybridized carbons (Fsp3) is 0.333. The van der Waals surface area contributed by atoms with Crippen LogP contribution in [-0.4, -0.2) is 45.0 Å². The molecule has 0 spiro atoms. The number of carbonyl (C=O) groups is 1. The molecule has 0 bridgehead atoms. The molecule has 1 atom stereocenters. The summed E-state index contributed by atoms with van der Waals surface area (Å²) >= 11 is 0. The van der Waals surface area contributed by atoms with Crippen LogP contribution in [0.5, 0.6) is 5.75 Å². The molecular weight excluding hydrogens is 430 g/mol. The Bertz CT molecular complexity index is 1250. The quantitative estimate of drug-likeness (QED) is 0.627. The van der Waals surface area contributed by atoms with E-state index in [1.54, 1.807) is 15.8 Å². The lowest BCUT2D eigenvalue weighted by Gasteiger charge is -2.51. The van der Waals surface area contributed by atoms with Gasteiger partial charge in [0.15, 0.2) is 11.4 Å². The minimum absolute atomic E-state index is 0.00667. The Kier molecular flexibility index (Phi) is 5.65. The van der Waals surface area contributed by atoms with Crippen molar-refractivity contribution in [1.29, 1.82) is 0 Å². The molecule has 1 aromatic heterocycles. The highest BCUT2D eigenvalue weighted by atomic mass is 16.3. The molecule has 1 amide bonds. The van der Waals surface area contributed by atoms with E-state index in [9.17, 15) is 19.8 Å². The highest BCUT2D eigenvalue weighted by Gasteiger charge is 2.45. The van der Waals surface area contributed by atoms with Gasteiger partial charge in [-0.25, -0.2) is 0 Å². The predicted octanol–water partition coefficient (Wildman–Crippen LogP) is 2.81. The number of aliphatic hydroxyl groups excluding tert-OH is 1. The summed E-state index contributed by atoms with van der Waals surface area (Å²) in [7, 11) is 0. The van der Waals surface area contributed by atoms with E-state index in [2.05, 4.69) is 29.3 Å². The van der Waals surface area contributed by atoms with Crippen molar-refractivity contribution in [1.82, 2.24) is 9.58 Å². The van der Waals surface area contributed by atoms with Gasteiger partial charge < -0.3 is 15.1 Å². The standard InChI is InChI=1S/C27H29N3O4/c1-17(2)26-28(15-16-31)27(34)24-25(33)22(32)13-14-29(24)30(26)23-20-9-5-3-7-18(20)11-12-19-8-4-6-10-21(19)23/h3-10,13-14,17,23,26,31,33H,11-12,15-16H2,1-2H3. The van der Waals surface area contributed by atoms with Gasteiger partial charge in [-0.2, -0.15) is 0 Å². The Morgan fingerprint density at radius 2 is 1.53 bits per heavy atom. The fourth-order valence-corrected chi connectivity index (χ4v) is 5.50. The second-order valence-corrected chi connectivity index (χ2v) is 9.28. The van der Waals surface area contributed by atoms with E-state index < -0.39 is 23.3 Å². The number of aryl methyl sites for hydroxylation is 2. The first-order valence-electron chi connectivity index (χ1n) is 11.7. The number of hydrogen-bond donors (Lipinski definition) is 2. The minimum atomic E-state index is -0.604. The number of rotatable bonds is 4. The molecule has 0 fully saturated rings. The summed E-state index contributed by atoms with van der Waals surface area (Å²) in [6, 6.07) is 17.7. The minimum Gasteiger partial charge on any atom is -0.502 e. The van der Waals surface area contributed by atoms with Crippen LogP contribution in [0.25, 0.3) is 0 Å². The summed E-state index contributed by atoms with van der Waals surface area (Å²) in [6.45, 7) is 3.95. The van der Waals surface area contributed by atoms with E-state index in [1.165, 1.54) is 17.2 Å². The third-order valence-electron chi connectivity index (χ3n) is 6.92. The molecule has 2 aliphatic rings. The number of β-amino-alcohol motifs (C(OH)–C–C–N with tert-alkyl or cyclic N) is 1. The Morgan fingerprint density at radius 1 is 0.941 bits per heavy atom. The first-order chi connectivity index (χ1) is 16.4. The number of nitrogens with zero attached hydrogens (tertiary/aromatic N) is 3. The first kappa shape index (κ1) is 22.2. The van der Waals surface area contributed by atoms with E-state index in [1.807, 2.05) is 38.1 Å². The van der Waals surface area contributed by atoms with Gasteiger partial charge in [0.1, 0.15) is 6.17 Å². The highest BCUT2D eigenvalue weighted by molar-refractivity contribution is 5.96. The number of carbonyl (C=O) groups excluding carboxylic acids is 1. The van der Waals surface area contributed by atoms with Crippen molar-refractivity contribution in [3.05, 3.63) is 99.0 Å². The Morgan fingerprint density at radius 3 is 2.09 bits per heavy atom. The summed E-state index contributed by atoms with van der Waals surface area (Å²) in [5, 5.41) is 22.6. The number of pyridine rings is 1. The van der Waals surface area contributed by atoms with Crippen molar-refractivity contribution < 1.29 is 15.0 Å². The Balaban J connectivity index is 1.85. The van der Waals surface area contributed by atoms with E-state index in [0.717, 1.165) is 24.0 Å². The van der Waals surface area contributed by atoms with Crippen LogP contribution in [0.1, 0.15) is 52.6 Å². The molecule has 7 heteroatoms. The van der Waals surface area contributed by atoms with Crippen molar-refractivity contribution in [2.24, 2.45) is 5.92 Å². The molecule has 1 aliphatic carbocycles. The summed E-state index contributed by atoms with van der Waals surface area (Å²) in [6.07, 6.45) is 2.95. The number of aliphatic hydroxyl groups is 1. The van der Waals surface area contributed by atoms with Crippen LogP contribution < -0.4 is 10.4 Å². The van der Waals surface area contributed by atoms with Gasteiger partial charge in [0.05, 0.1) is 12.6 Å². The maximum absolute atomic E-state index is 13.6. The van der Waals surface area contributed by atoms with Gasteiger partial charge in [0.25, 0.3) is 5.91 Å². The van der Waals surface area contributed by atoms with Gasteiger partial charge in [-0.1, -0.05) is 62.4 Å². The molecule has 2 N–H and O–H groups in total. The van der Waals surface area contributed by atoms with Crippen LogP contribution in [-0.2, 0) is 12.8 Å². The van der Waals surface area contributed by atoms with Crippen LogP contribution >= 0.6 is 0 Å². The third-order valence-corrected chi connectivity index (χ3v) is 6.92. The number of aromatic nitrogens is 1. The van der Waals surface area contributed by atoms with Crippen molar-refractivity contribution in [2.75, 3.05) is 18.2 Å². The second kappa shape index (κ2) is 8.65. The summed E-state index contributed by atoms with van der Waals surface area (Å²) in [4.78, 5) is 27.5. The van der Waals surface area contributed by atoms with Gasteiger partial charge in [-0.3, -0.25) is 19.3 Å². The van der Waals surface area contributed by atoms with E-state index >= 15 is 0 Å². The van der Waals surface area contributed by atoms with Crippen molar-refractivity contribution >= 4 is 5.91 Å². The number of aromatic hydroxyl groups is 1. The SMILES string of the molecule is CC(C)C1N(CCO)C(=O)c2c(O)c(=O)ccn2N1C1c2ccccc2CCc2ccccc21. The monoisotopic (exact) mass is 459 g/mol. The summed E-state index contributed by atoms with van der Waals surface area (Å²) < 4.78 is 1.65. The molecule has 1 aliphatic heterocycles. The normalized spacial score (nSPS) is 17.9. The molecule has 34 heavy (non-hydrogen) atoms. The first-order valence-corrected chi connectivity index (χ1v) is 11.7. The van der Waals surface area contributed by atoms with Gasteiger partial charge in [0.2, 0.25) is 5.43 Å². The molecule has 3 aromatic rings. The molecule has 1 unspecified atom stereocenters. The lowest BCUT2D eigenvalue weighted by Crippen LogP contribution is -2.64. The zero-order valence-corrected chi connectivity index (χ0v) is 19.4. The summed E-state index contributed by atoms with van der Waals surface area (Å²) in [5.74, 6) is -1.04. The maximum atomic E-state index is 13.6. The van der Waals surface area contributed by atoms with E-state index in [4.69, 9.17) is 0 Å². The highest BCUT2D eigenvalue weighted by Crippen LogP contribution is 2.41. The molecule has 7 nitrogen and oxygen atoms in total. The number of amides is 1. The Hall–Kier alpha value is -3.58. The third kappa shape index (κ3) is 3.39. The smallest absolute Gasteiger partial charge is 0.278 e. The van der Waals surface area contributed by atoms with Crippen molar-refractivity contribution in [3.8, 4) is 5.75 Å². The molecule has 0 radical (unpaired) electrons. The zero-order chi connectivity index (χ0) is 24.0. The largest absolute Gasteiger partial charge is 0.502 e. The zero-order valence-electron chi connectivity index (χ0n) is 19.4. The maximum Gasteiger partial charge on any atom is 0.278 e. The van der Waals surface area contributed by atoms with Crippen LogP contribution in [0, 0.1) is 5.92 Å². The van der Waals surface area contributed by atoms with Gasteiger partial charge in [-0.15, -0.1) is 0 Å². The molecule has 2 heterocycles. The van der Waals surface area contributed by atoms with Crippen LogP contribution in [0.15, 0.2) is 65.6 Å². The van der Waals surface area contributed by atoms with Crippen LogP contribution in [0.4, 0.5) is 0 Å². The average molecular weight is 460 g/mol. The Labute approximate surface area is 198 Å². The van der Waals surface area contributed by atoms with Crippen LogP contribution in [0.3, 0.4) is 0 Å². The topological polar surface area (TPSA) is 86.0 Å². The molecule has 176 valence electrons. The molecule has 5 rings (SSSR count). The molecule has 2 aromatic carbocycles. The van der Waals surface area contributed by atoms with Gasteiger partial charge >= 0.3 is 0 Å². The molecule has 0 saturated heterocycles. The summed E-state index contributed by atoms with van der Waals surface area (Å²) in [5.41, 5.74) is 4.03. The van der Waals surface area contributed by atoms with Gasteiger partial charge in [0, 0.05) is 18.8 Å². The van der Waals surface area contributed by atoms with Crippen molar-refractivity contribution in [3.63, 3.8) is 0 Å². The number of benzene rings is 2. The second-order valence-electron chi connectivity index (χ2n) is 9.28. The average Bonchev–Trinajstić information content (AvgIpc) is 2.99. The fourth-order valence-electron chi connectivity index (χ4n) is 5.50. The van der Waals surface area contributed by atoms with Crippen LogP contribution in [0.2, 0.25) is 0 Å². The van der Waals surface area contributed by atoms with Gasteiger partial charge in [-0.05, 0) is 41.0 Å². The van der Waals surface area contributed by atoms with E-state index in [-0.39, 0.29) is 30.8 Å². The predicted molar refractivity (Wildman–Crippen MR) is 129 cm³/mol. The lowest BCUT2D eigenvalue weighted by atomic mass is 9.92. The molecule has 0 saturated carbocycles. The number of fused-ring (bicyclic) bond motifs is 3. The lowest BCUT2D eigenvalue weighted by molar-refractivity contribution is 0.0413. The molecular formula is C27H29N3O4. The van der Waals surface area contributed by atoms with E-state index in [0.29, 0.717) is 0 Å².